The first-order valence-electron chi connectivity index (χ1n) is 3.94. The maximum Gasteiger partial charge on any atom is 0.339 e. The lowest BCUT2D eigenvalue weighted by Crippen LogP contribution is -2.02. The fourth-order valence-electron chi connectivity index (χ4n) is 1.38. The molecule has 0 unspecified atom stereocenters. The lowest BCUT2D eigenvalue weighted by atomic mass is 10.1. The van der Waals surface area contributed by atoms with Gasteiger partial charge < -0.3 is 9.84 Å². The zero-order valence-corrected chi connectivity index (χ0v) is 7.92. The first-order chi connectivity index (χ1) is 6.06. The number of carboxylic acids is 1. The Kier molecular flexibility index (Phi) is 2.56. The third-order valence-corrected chi connectivity index (χ3v) is 1.85. The molecule has 3 nitrogen and oxygen atoms in total. The molecule has 0 radical (unpaired) electrons. The van der Waals surface area contributed by atoms with Crippen LogP contribution in [0.3, 0.4) is 0 Å². The molecule has 0 aliphatic heterocycles. The first kappa shape index (κ1) is 9.58. The van der Waals surface area contributed by atoms with E-state index >= 15 is 0 Å². The number of benzene rings is 1. The van der Waals surface area contributed by atoms with Crippen LogP contribution in [0.1, 0.15) is 21.5 Å². The number of hydrogen-bond donors (Lipinski definition) is 1. The Bertz CT molecular complexity index is 342. The van der Waals surface area contributed by atoms with Crippen molar-refractivity contribution in [3.05, 3.63) is 28.8 Å². The second kappa shape index (κ2) is 3.47. The Balaban J connectivity index is 3.38. The molecule has 0 heterocycles. The smallest absolute Gasteiger partial charge is 0.339 e. The van der Waals surface area contributed by atoms with Gasteiger partial charge in [-0.15, -0.1) is 0 Å². The molecule has 0 amide bonds. The summed E-state index contributed by atoms with van der Waals surface area (Å²) in [6.45, 7) is 3.69. The normalized spacial score (nSPS) is 9.77. The molecule has 1 rings (SSSR count). The molecule has 3 heteroatoms. The molecule has 13 heavy (non-hydrogen) atoms. The van der Waals surface area contributed by atoms with Crippen LogP contribution in [0.5, 0.6) is 5.75 Å². The molecule has 0 aliphatic rings. The molecule has 0 saturated heterocycles. The fraction of sp³-hybridized carbons (Fsp3) is 0.300. The van der Waals surface area contributed by atoms with Crippen LogP contribution < -0.4 is 4.74 Å². The van der Waals surface area contributed by atoms with Crippen molar-refractivity contribution in [3.63, 3.8) is 0 Å². The van der Waals surface area contributed by atoms with Gasteiger partial charge in [-0.05, 0) is 31.0 Å². The van der Waals surface area contributed by atoms with Gasteiger partial charge in [-0.3, -0.25) is 0 Å². The molecule has 0 saturated carbocycles. The van der Waals surface area contributed by atoms with Crippen molar-refractivity contribution in [1.29, 1.82) is 0 Å². The van der Waals surface area contributed by atoms with E-state index in [1.165, 1.54) is 7.11 Å². The van der Waals surface area contributed by atoms with E-state index in [0.717, 1.165) is 11.1 Å². The fourth-order valence-corrected chi connectivity index (χ4v) is 1.38. The summed E-state index contributed by atoms with van der Waals surface area (Å²) in [5, 5.41) is 8.87. The van der Waals surface area contributed by atoms with Gasteiger partial charge in [0.1, 0.15) is 11.3 Å². The van der Waals surface area contributed by atoms with Gasteiger partial charge in [0, 0.05) is 0 Å². The second-order valence-electron chi connectivity index (χ2n) is 2.97. The minimum absolute atomic E-state index is 0.222. The van der Waals surface area contributed by atoms with E-state index < -0.39 is 5.97 Å². The van der Waals surface area contributed by atoms with Crippen molar-refractivity contribution < 1.29 is 14.6 Å². The molecule has 0 aliphatic carbocycles. The molecule has 0 bridgehead atoms. The number of carboxylic acid groups (broad SMARTS) is 1. The van der Waals surface area contributed by atoms with E-state index in [1.807, 2.05) is 19.9 Å². The number of rotatable bonds is 2. The molecule has 0 atom stereocenters. The highest BCUT2D eigenvalue weighted by Crippen LogP contribution is 2.24. The average molecular weight is 180 g/mol. The molecule has 0 spiro atoms. The maximum absolute atomic E-state index is 10.8. The number of aromatic carboxylic acids is 1. The monoisotopic (exact) mass is 180 g/mol. The van der Waals surface area contributed by atoms with Gasteiger partial charge in [-0.25, -0.2) is 4.79 Å². The molecule has 1 aromatic rings. The Morgan fingerprint density at radius 2 is 2.00 bits per heavy atom. The zero-order chi connectivity index (χ0) is 10.0. The summed E-state index contributed by atoms with van der Waals surface area (Å²) in [5.74, 6) is -0.512. The summed E-state index contributed by atoms with van der Waals surface area (Å²) >= 11 is 0. The van der Waals surface area contributed by atoms with Crippen molar-refractivity contribution in [2.75, 3.05) is 7.11 Å². The van der Waals surface area contributed by atoms with E-state index in [0.29, 0.717) is 5.75 Å². The second-order valence-corrected chi connectivity index (χ2v) is 2.97. The van der Waals surface area contributed by atoms with Gasteiger partial charge in [0.25, 0.3) is 0 Å². The summed E-state index contributed by atoms with van der Waals surface area (Å²) in [4.78, 5) is 10.8. The lowest BCUT2D eigenvalue weighted by Gasteiger charge is -2.09. The third kappa shape index (κ3) is 1.80. The zero-order valence-electron chi connectivity index (χ0n) is 7.92. The van der Waals surface area contributed by atoms with Gasteiger partial charge in [-0.2, -0.15) is 0 Å². The first-order valence-corrected chi connectivity index (χ1v) is 3.94. The molecule has 70 valence electrons. The summed E-state index contributed by atoms with van der Waals surface area (Å²) in [7, 11) is 1.48. The topological polar surface area (TPSA) is 46.5 Å². The predicted octanol–water partition coefficient (Wildman–Crippen LogP) is 2.01. The number of carbonyl (C=O) groups is 1. The number of ether oxygens (including phenoxy) is 1. The highest BCUT2D eigenvalue weighted by molar-refractivity contribution is 5.91. The average Bonchev–Trinajstić information content (AvgIpc) is 2.02. The van der Waals surface area contributed by atoms with Gasteiger partial charge >= 0.3 is 5.97 Å². The van der Waals surface area contributed by atoms with E-state index in [4.69, 9.17) is 9.84 Å². The summed E-state index contributed by atoms with van der Waals surface area (Å²) in [6, 6.07) is 3.50. The van der Waals surface area contributed by atoms with Crippen LogP contribution in [0, 0.1) is 13.8 Å². The van der Waals surface area contributed by atoms with Crippen molar-refractivity contribution in [3.8, 4) is 5.75 Å². The summed E-state index contributed by atoms with van der Waals surface area (Å²) in [5.41, 5.74) is 2.00. The standard InChI is InChI=1S/C10H12O3/c1-6-4-7(2)9(13-3)8(5-6)10(11)12/h4-5H,1-3H3,(H,11,12). The molecule has 1 aromatic carbocycles. The van der Waals surface area contributed by atoms with Crippen LogP contribution in [0.4, 0.5) is 0 Å². The Labute approximate surface area is 77.0 Å². The van der Waals surface area contributed by atoms with Crippen LogP contribution >= 0.6 is 0 Å². The van der Waals surface area contributed by atoms with Crippen molar-refractivity contribution in [2.24, 2.45) is 0 Å². The van der Waals surface area contributed by atoms with Crippen LogP contribution in [-0.4, -0.2) is 18.2 Å². The molecule has 1 N–H and O–H groups in total. The van der Waals surface area contributed by atoms with Crippen molar-refractivity contribution in [2.45, 2.75) is 13.8 Å². The predicted molar refractivity (Wildman–Crippen MR) is 49.4 cm³/mol. The molecular weight excluding hydrogens is 168 g/mol. The minimum Gasteiger partial charge on any atom is -0.496 e. The third-order valence-electron chi connectivity index (χ3n) is 1.85. The Morgan fingerprint density at radius 1 is 1.38 bits per heavy atom. The Morgan fingerprint density at radius 3 is 2.46 bits per heavy atom. The summed E-state index contributed by atoms with van der Waals surface area (Å²) in [6.07, 6.45) is 0. The quantitative estimate of drug-likeness (QED) is 0.757. The van der Waals surface area contributed by atoms with E-state index in [9.17, 15) is 4.79 Å². The Hall–Kier alpha value is -1.51. The highest BCUT2D eigenvalue weighted by atomic mass is 16.5. The highest BCUT2D eigenvalue weighted by Gasteiger charge is 2.13. The van der Waals surface area contributed by atoms with Crippen LogP contribution in [0.15, 0.2) is 12.1 Å². The van der Waals surface area contributed by atoms with Gasteiger partial charge in [0.15, 0.2) is 0 Å². The number of methoxy groups -OCH3 is 1. The van der Waals surface area contributed by atoms with Gasteiger partial charge in [0.2, 0.25) is 0 Å². The van der Waals surface area contributed by atoms with Crippen molar-refractivity contribution in [1.82, 2.24) is 0 Å². The molecule has 0 fully saturated rings. The van der Waals surface area contributed by atoms with E-state index in [-0.39, 0.29) is 5.56 Å². The summed E-state index contributed by atoms with van der Waals surface area (Å²) < 4.78 is 5.01. The minimum atomic E-state index is -0.955. The van der Waals surface area contributed by atoms with Gasteiger partial charge in [0.05, 0.1) is 7.11 Å². The SMILES string of the molecule is COc1c(C)cc(C)cc1C(=O)O. The molecule has 0 aromatic heterocycles. The largest absolute Gasteiger partial charge is 0.496 e. The van der Waals surface area contributed by atoms with E-state index in [2.05, 4.69) is 0 Å². The molecular formula is C10H12O3. The van der Waals surface area contributed by atoms with E-state index in [1.54, 1.807) is 6.07 Å². The lowest BCUT2D eigenvalue weighted by molar-refractivity contribution is 0.0693. The van der Waals surface area contributed by atoms with Crippen molar-refractivity contribution >= 4 is 5.97 Å². The maximum atomic E-state index is 10.8. The van der Waals surface area contributed by atoms with Crippen LogP contribution in [0.2, 0.25) is 0 Å². The van der Waals surface area contributed by atoms with Crippen LogP contribution in [-0.2, 0) is 0 Å². The van der Waals surface area contributed by atoms with Gasteiger partial charge in [-0.1, -0.05) is 6.07 Å². The number of hydrogen-bond acceptors (Lipinski definition) is 2. The number of aryl methyl sites for hydroxylation is 2. The van der Waals surface area contributed by atoms with Crippen LogP contribution in [0.25, 0.3) is 0 Å².